The van der Waals surface area contributed by atoms with E-state index >= 15 is 0 Å². The van der Waals surface area contributed by atoms with E-state index in [4.69, 9.17) is 0 Å². The summed E-state index contributed by atoms with van der Waals surface area (Å²) in [4.78, 5) is 18.5. The molecule has 2 aromatic rings. The van der Waals surface area contributed by atoms with Crippen LogP contribution in [0.3, 0.4) is 0 Å². The minimum Gasteiger partial charge on any atom is -0.394 e. The van der Waals surface area contributed by atoms with Gasteiger partial charge in [0, 0.05) is 18.9 Å². The van der Waals surface area contributed by atoms with Crippen molar-refractivity contribution < 1.29 is 5.11 Å². The summed E-state index contributed by atoms with van der Waals surface area (Å²) in [5.41, 5.74) is 0.796. The number of rotatable bonds is 4. The standard InChI is InChI=1S/C15H19N5O/c1-11(15-16-7-8-17-15)18-13-5-2-6-14(19-13)20-9-3-4-12(20)10-21/h2,5-8,12,21H,3-4,9-10H2,1H3,(H,16,17). The number of aliphatic hydroxyl groups is 1. The quantitative estimate of drug-likeness (QED) is 0.841. The number of aliphatic hydroxyl groups excluding tert-OH is 1. The van der Waals surface area contributed by atoms with Gasteiger partial charge >= 0.3 is 0 Å². The lowest BCUT2D eigenvalue weighted by Gasteiger charge is -2.24. The SMILES string of the molecule is CC(=Nc1cccc(N2CCCC2CO)n1)c1ncc[nH]1. The van der Waals surface area contributed by atoms with Crippen molar-refractivity contribution in [3.63, 3.8) is 0 Å². The summed E-state index contributed by atoms with van der Waals surface area (Å²) in [7, 11) is 0. The minimum absolute atomic E-state index is 0.167. The third-order valence-corrected chi connectivity index (χ3v) is 3.73. The zero-order chi connectivity index (χ0) is 14.7. The molecule has 0 radical (unpaired) electrons. The van der Waals surface area contributed by atoms with Crippen molar-refractivity contribution in [3.8, 4) is 0 Å². The number of pyridine rings is 1. The van der Waals surface area contributed by atoms with E-state index in [2.05, 4.69) is 24.8 Å². The Morgan fingerprint density at radius 2 is 2.43 bits per heavy atom. The number of nitrogens with one attached hydrogen (secondary N) is 1. The fourth-order valence-electron chi connectivity index (χ4n) is 2.65. The number of aromatic amines is 1. The maximum Gasteiger partial charge on any atom is 0.154 e. The molecule has 6 heteroatoms. The van der Waals surface area contributed by atoms with Gasteiger partial charge in [-0.3, -0.25) is 0 Å². The van der Waals surface area contributed by atoms with Crippen molar-refractivity contribution in [1.82, 2.24) is 15.0 Å². The van der Waals surface area contributed by atoms with Crippen LogP contribution in [0.2, 0.25) is 0 Å². The largest absolute Gasteiger partial charge is 0.394 e. The Morgan fingerprint density at radius 3 is 3.19 bits per heavy atom. The van der Waals surface area contributed by atoms with E-state index in [1.54, 1.807) is 12.4 Å². The summed E-state index contributed by atoms with van der Waals surface area (Å²) >= 11 is 0. The zero-order valence-corrected chi connectivity index (χ0v) is 12.0. The highest BCUT2D eigenvalue weighted by Gasteiger charge is 2.24. The Hall–Kier alpha value is -2.21. The molecule has 3 rings (SSSR count). The van der Waals surface area contributed by atoms with Gasteiger partial charge in [-0.25, -0.2) is 15.0 Å². The van der Waals surface area contributed by atoms with Gasteiger partial charge in [-0.05, 0) is 31.9 Å². The molecular weight excluding hydrogens is 266 g/mol. The molecule has 2 N–H and O–H groups in total. The topological polar surface area (TPSA) is 77.4 Å². The van der Waals surface area contributed by atoms with E-state index in [0.717, 1.165) is 36.7 Å². The molecule has 2 aromatic heterocycles. The highest BCUT2D eigenvalue weighted by molar-refractivity contribution is 5.96. The molecule has 1 unspecified atom stereocenters. The number of anilines is 1. The van der Waals surface area contributed by atoms with Crippen molar-refractivity contribution in [2.45, 2.75) is 25.8 Å². The highest BCUT2D eigenvalue weighted by atomic mass is 16.3. The van der Waals surface area contributed by atoms with Gasteiger partial charge in [0.15, 0.2) is 11.6 Å². The number of aliphatic imine (C=N–C) groups is 1. The van der Waals surface area contributed by atoms with Gasteiger partial charge in [0.05, 0.1) is 18.4 Å². The van der Waals surface area contributed by atoms with Gasteiger partial charge in [-0.2, -0.15) is 0 Å². The minimum atomic E-state index is 0.167. The molecule has 6 nitrogen and oxygen atoms in total. The van der Waals surface area contributed by atoms with Crippen molar-refractivity contribution in [2.24, 2.45) is 4.99 Å². The Kier molecular flexibility index (Phi) is 3.96. The van der Waals surface area contributed by atoms with Crippen LogP contribution < -0.4 is 4.90 Å². The number of H-pyrrole nitrogens is 1. The molecule has 0 spiro atoms. The molecule has 0 aliphatic carbocycles. The van der Waals surface area contributed by atoms with Crippen LogP contribution in [-0.4, -0.2) is 45.0 Å². The van der Waals surface area contributed by atoms with Crippen LogP contribution >= 0.6 is 0 Å². The fourth-order valence-corrected chi connectivity index (χ4v) is 2.65. The zero-order valence-electron chi connectivity index (χ0n) is 12.0. The van der Waals surface area contributed by atoms with Crippen molar-refractivity contribution >= 4 is 17.3 Å². The van der Waals surface area contributed by atoms with E-state index in [9.17, 15) is 5.11 Å². The second-order valence-electron chi connectivity index (χ2n) is 5.16. The Balaban J connectivity index is 1.85. The second kappa shape index (κ2) is 6.05. The molecule has 3 heterocycles. The van der Waals surface area contributed by atoms with Crippen LogP contribution in [0.25, 0.3) is 0 Å². The van der Waals surface area contributed by atoms with Crippen LogP contribution in [0.1, 0.15) is 25.6 Å². The van der Waals surface area contributed by atoms with Crippen molar-refractivity contribution in [3.05, 3.63) is 36.4 Å². The van der Waals surface area contributed by atoms with Crippen molar-refractivity contribution in [1.29, 1.82) is 0 Å². The summed E-state index contributed by atoms with van der Waals surface area (Å²) in [6.45, 7) is 3.00. The summed E-state index contributed by atoms with van der Waals surface area (Å²) < 4.78 is 0. The second-order valence-corrected chi connectivity index (χ2v) is 5.16. The Morgan fingerprint density at radius 1 is 1.52 bits per heavy atom. The lowest BCUT2D eigenvalue weighted by atomic mass is 10.2. The van der Waals surface area contributed by atoms with Crippen LogP contribution in [0, 0.1) is 0 Å². The Bertz CT molecular complexity index is 623. The lowest BCUT2D eigenvalue weighted by molar-refractivity contribution is 0.266. The molecule has 1 fully saturated rings. The van der Waals surface area contributed by atoms with E-state index in [0.29, 0.717) is 5.82 Å². The van der Waals surface area contributed by atoms with Crippen LogP contribution in [0.5, 0.6) is 0 Å². The van der Waals surface area contributed by atoms with Gasteiger partial charge in [0.2, 0.25) is 0 Å². The summed E-state index contributed by atoms with van der Waals surface area (Å²) in [5.74, 6) is 2.28. The maximum atomic E-state index is 9.43. The summed E-state index contributed by atoms with van der Waals surface area (Å²) in [5, 5.41) is 9.43. The predicted molar refractivity (Wildman–Crippen MR) is 82.1 cm³/mol. The van der Waals surface area contributed by atoms with Crippen LogP contribution in [0.15, 0.2) is 35.6 Å². The van der Waals surface area contributed by atoms with E-state index < -0.39 is 0 Å². The smallest absolute Gasteiger partial charge is 0.154 e. The molecule has 1 aliphatic rings. The third kappa shape index (κ3) is 2.95. The van der Waals surface area contributed by atoms with Gasteiger partial charge in [-0.1, -0.05) is 6.07 Å². The number of hydrogen-bond donors (Lipinski definition) is 2. The van der Waals surface area contributed by atoms with E-state index in [1.807, 2.05) is 25.1 Å². The normalized spacial score (nSPS) is 19.2. The molecular formula is C15H19N5O. The molecule has 0 bridgehead atoms. The first-order chi connectivity index (χ1) is 10.3. The van der Waals surface area contributed by atoms with Crippen molar-refractivity contribution in [2.75, 3.05) is 18.1 Å². The van der Waals surface area contributed by atoms with Gasteiger partial charge in [0.1, 0.15) is 5.82 Å². The molecule has 1 saturated heterocycles. The highest BCUT2D eigenvalue weighted by Crippen LogP contribution is 2.25. The molecule has 0 saturated carbocycles. The van der Waals surface area contributed by atoms with E-state index in [-0.39, 0.29) is 12.6 Å². The molecule has 0 amide bonds. The first kappa shape index (κ1) is 13.8. The summed E-state index contributed by atoms with van der Waals surface area (Å²) in [6, 6.07) is 5.96. The number of imidazole rings is 1. The predicted octanol–water partition coefficient (Wildman–Crippen LogP) is 1.91. The Labute approximate surface area is 123 Å². The third-order valence-electron chi connectivity index (χ3n) is 3.73. The van der Waals surface area contributed by atoms with Gasteiger partial charge < -0.3 is 15.0 Å². The number of hydrogen-bond acceptors (Lipinski definition) is 5. The summed E-state index contributed by atoms with van der Waals surface area (Å²) in [6.07, 6.45) is 5.57. The number of aromatic nitrogens is 3. The molecule has 110 valence electrons. The molecule has 0 aromatic carbocycles. The van der Waals surface area contributed by atoms with E-state index in [1.165, 1.54) is 0 Å². The maximum absolute atomic E-state index is 9.43. The molecule has 1 atom stereocenters. The first-order valence-corrected chi connectivity index (χ1v) is 7.17. The fraction of sp³-hybridized carbons (Fsp3) is 0.400. The van der Waals surface area contributed by atoms with Crippen LogP contribution in [-0.2, 0) is 0 Å². The first-order valence-electron chi connectivity index (χ1n) is 7.17. The van der Waals surface area contributed by atoms with Crippen LogP contribution in [0.4, 0.5) is 11.6 Å². The lowest BCUT2D eigenvalue weighted by Crippen LogP contribution is -2.32. The molecule has 21 heavy (non-hydrogen) atoms. The molecule has 1 aliphatic heterocycles. The van der Waals surface area contributed by atoms with Gasteiger partial charge in [-0.15, -0.1) is 0 Å². The van der Waals surface area contributed by atoms with Gasteiger partial charge in [0.25, 0.3) is 0 Å². The average Bonchev–Trinajstić information content (AvgIpc) is 3.18. The average molecular weight is 285 g/mol. The number of nitrogens with zero attached hydrogens (tertiary/aromatic N) is 4. The monoisotopic (exact) mass is 285 g/mol.